The number of methoxy groups -OCH3 is 1. The fourth-order valence-electron chi connectivity index (χ4n) is 3.68. The van der Waals surface area contributed by atoms with Gasteiger partial charge >= 0.3 is 5.57 Å². The molecule has 204 valence electrons. The van der Waals surface area contributed by atoms with Crippen LogP contribution in [0, 0.1) is 5.82 Å². The first-order chi connectivity index (χ1) is 18.6. The summed E-state index contributed by atoms with van der Waals surface area (Å²) in [6, 6.07) is 18.1. The minimum absolute atomic E-state index is 0.0821. The van der Waals surface area contributed by atoms with Crippen LogP contribution in [0.2, 0.25) is 0 Å². The number of nitrogens with one attached hydrogen (secondary N) is 1. The zero-order valence-corrected chi connectivity index (χ0v) is 22.1. The molecule has 7 nitrogen and oxygen atoms in total. The number of benzene rings is 3. The topological polar surface area (TPSA) is 80.2 Å². The van der Waals surface area contributed by atoms with Gasteiger partial charge in [-0.1, -0.05) is 23.9 Å². The lowest BCUT2D eigenvalue weighted by Gasteiger charge is -2.32. The van der Waals surface area contributed by atoms with Gasteiger partial charge in [0.1, 0.15) is 22.6 Å². The van der Waals surface area contributed by atoms with Crippen LogP contribution < -0.4 is 14.8 Å². The molecule has 1 fully saturated rings. The Morgan fingerprint density at radius 2 is 1.72 bits per heavy atom. The largest absolute Gasteiger partial charge is 0.497 e. The Kier molecular flexibility index (Phi) is 9.03. The van der Waals surface area contributed by atoms with E-state index in [2.05, 4.69) is 15.0 Å². The molecule has 1 N–H and O–H groups in total. The lowest BCUT2D eigenvalue weighted by molar-refractivity contribution is -0.129. The maximum Gasteiger partial charge on any atom is 0.487 e. The summed E-state index contributed by atoms with van der Waals surface area (Å²) >= 11 is 5.88. The summed E-state index contributed by atoms with van der Waals surface area (Å²) in [5.41, 5.74) is -2.14. The number of alkyl halides is 3. The smallest absolute Gasteiger partial charge is 0.487 e. The average Bonchev–Trinajstić information content (AvgIpc) is 2.90. The Labute approximate surface area is 232 Å². The number of halogens is 4. The lowest BCUT2D eigenvalue weighted by Crippen LogP contribution is -2.46. The highest BCUT2D eigenvalue weighted by Gasteiger charge is 2.36. The number of carbonyl (C=O) groups excluding carboxylic acids is 2. The Balaban J connectivity index is 1.49. The summed E-state index contributed by atoms with van der Waals surface area (Å²) in [5, 5.41) is 2.17. The Hall–Kier alpha value is -3.70. The number of amides is 2. The second kappa shape index (κ2) is 12.4. The summed E-state index contributed by atoms with van der Waals surface area (Å²) in [5.74, 6) is -0.653. The van der Waals surface area contributed by atoms with Crippen LogP contribution in [0.4, 0.5) is 24.5 Å². The van der Waals surface area contributed by atoms with E-state index in [1.165, 1.54) is 53.4 Å². The molecule has 2 amide bonds. The number of aliphatic imine (C=N–C) groups is 1. The predicted octanol–water partition coefficient (Wildman–Crippen LogP) is 6.21. The standard InChI is InChI=1S/C27H23ClF3N3O4S/c1-37-21-10-2-17(3-11-21)14-15-34-24(35)16-23(39-26(34)33-20-6-4-18(29)5-7-20)25(36)32-19-8-12-22(13-9-19)38-27(28,30)31/h2-13,23H,14-16H2,1H3,(H,32,36)/t23-/m0/s1. The zero-order valence-electron chi connectivity index (χ0n) is 20.6. The van der Waals surface area contributed by atoms with Gasteiger partial charge in [-0.2, -0.15) is 0 Å². The van der Waals surface area contributed by atoms with Crippen molar-refractivity contribution in [2.24, 2.45) is 4.99 Å². The summed E-state index contributed by atoms with van der Waals surface area (Å²) < 4.78 is 48.5. The van der Waals surface area contributed by atoms with Gasteiger partial charge in [-0.05, 0) is 72.6 Å². The molecule has 3 aromatic carbocycles. The van der Waals surface area contributed by atoms with Crippen LogP contribution in [0.15, 0.2) is 77.8 Å². The second-order valence-corrected chi connectivity index (χ2v) is 10.00. The van der Waals surface area contributed by atoms with E-state index in [0.29, 0.717) is 29.5 Å². The predicted molar refractivity (Wildman–Crippen MR) is 144 cm³/mol. The first kappa shape index (κ1) is 28.3. The van der Waals surface area contributed by atoms with Crippen molar-refractivity contribution in [2.45, 2.75) is 23.7 Å². The van der Waals surface area contributed by atoms with Crippen LogP contribution in [-0.4, -0.2) is 46.4 Å². The second-order valence-electron chi connectivity index (χ2n) is 8.39. The minimum Gasteiger partial charge on any atom is -0.497 e. The van der Waals surface area contributed by atoms with Gasteiger partial charge < -0.3 is 14.8 Å². The van der Waals surface area contributed by atoms with Crippen molar-refractivity contribution in [1.29, 1.82) is 0 Å². The van der Waals surface area contributed by atoms with Gasteiger partial charge in [0.25, 0.3) is 0 Å². The van der Waals surface area contributed by atoms with Gasteiger partial charge in [0.15, 0.2) is 5.17 Å². The van der Waals surface area contributed by atoms with Crippen molar-refractivity contribution in [3.8, 4) is 11.5 Å². The molecule has 0 saturated carbocycles. The molecule has 0 bridgehead atoms. The van der Waals surface area contributed by atoms with Gasteiger partial charge in [0.05, 0.1) is 12.8 Å². The molecule has 0 unspecified atom stereocenters. The molecule has 1 aliphatic heterocycles. The van der Waals surface area contributed by atoms with Gasteiger partial charge in [0.2, 0.25) is 11.8 Å². The zero-order chi connectivity index (χ0) is 28.0. The van der Waals surface area contributed by atoms with Gasteiger partial charge in [-0.25, -0.2) is 9.38 Å². The number of amidine groups is 1. The summed E-state index contributed by atoms with van der Waals surface area (Å²) in [7, 11) is 1.58. The first-order valence-corrected chi connectivity index (χ1v) is 13.0. The molecule has 1 aliphatic rings. The van der Waals surface area contributed by atoms with E-state index in [1.807, 2.05) is 24.3 Å². The van der Waals surface area contributed by atoms with E-state index >= 15 is 0 Å². The van der Waals surface area contributed by atoms with Crippen LogP contribution in [0.5, 0.6) is 11.5 Å². The maximum atomic E-state index is 13.4. The van der Waals surface area contributed by atoms with Crippen LogP contribution in [0.3, 0.4) is 0 Å². The van der Waals surface area contributed by atoms with E-state index in [0.717, 1.165) is 23.1 Å². The molecule has 39 heavy (non-hydrogen) atoms. The van der Waals surface area contributed by atoms with Crippen molar-refractivity contribution in [1.82, 2.24) is 4.90 Å². The highest BCUT2D eigenvalue weighted by molar-refractivity contribution is 8.15. The molecule has 4 rings (SSSR count). The normalized spacial score (nSPS) is 16.7. The molecule has 3 aromatic rings. The Morgan fingerprint density at radius 3 is 2.33 bits per heavy atom. The highest BCUT2D eigenvalue weighted by atomic mass is 35.5. The van der Waals surface area contributed by atoms with Gasteiger partial charge in [-0.3, -0.25) is 14.5 Å². The van der Waals surface area contributed by atoms with Crippen LogP contribution in [-0.2, 0) is 16.0 Å². The quantitative estimate of drug-likeness (QED) is 0.306. The number of nitrogens with zero attached hydrogens (tertiary/aromatic N) is 2. The lowest BCUT2D eigenvalue weighted by atomic mass is 10.1. The molecule has 1 heterocycles. The fourth-order valence-corrected chi connectivity index (χ4v) is 4.90. The Bertz CT molecular complexity index is 1330. The van der Waals surface area contributed by atoms with Crippen molar-refractivity contribution in [3.63, 3.8) is 0 Å². The molecule has 0 aliphatic carbocycles. The number of hydrogen-bond donors (Lipinski definition) is 1. The summed E-state index contributed by atoms with van der Waals surface area (Å²) in [6.07, 6.45) is 0.451. The molecule has 0 spiro atoms. The van der Waals surface area contributed by atoms with E-state index in [4.69, 9.17) is 16.3 Å². The number of rotatable bonds is 9. The number of anilines is 1. The van der Waals surface area contributed by atoms with E-state index in [9.17, 15) is 22.8 Å². The van der Waals surface area contributed by atoms with Gasteiger partial charge in [-0.15, -0.1) is 8.78 Å². The van der Waals surface area contributed by atoms with Crippen LogP contribution >= 0.6 is 23.4 Å². The van der Waals surface area contributed by atoms with E-state index in [-0.39, 0.29) is 18.1 Å². The molecular weight excluding hydrogens is 555 g/mol. The highest BCUT2D eigenvalue weighted by Crippen LogP contribution is 2.31. The van der Waals surface area contributed by atoms with Crippen LogP contribution in [0.25, 0.3) is 0 Å². The van der Waals surface area contributed by atoms with Crippen molar-refractivity contribution in [2.75, 3.05) is 19.0 Å². The SMILES string of the molecule is COc1ccc(CCN2C(=O)C[C@@H](C(=O)Nc3ccc(OC(F)(F)Cl)cc3)SC2=Nc2ccc(F)cc2)cc1. The minimum atomic E-state index is -3.86. The average molecular weight is 578 g/mol. The molecule has 0 aromatic heterocycles. The van der Waals surface area contributed by atoms with E-state index < -0.39 is 22.5 Å². The molecular formula is C27H23ClF3N3O4S. The third-order valence-corrected chi connectivity index (χ3v) is 6.89. The summed E-state index contributed by atoms with van der Waals surface area (Å²) in [6.45, 7) is 0.319. The number of carbonyl (C=O) groups is 2. The molecule has 12 heteroatoms. The first-order valence-electron chi connectivity index (χ1n) is 11.7. The molecule has 1 atom stereocenters. The number of ether oxygens (including phenoxy) is 2. The van der Waals surface area contributed by atoms with Gasteiger partial charge in [0, 0.05) is 30.3 Å². The van der Waals surface area contributed by atoms with Crippen LogP contribution in [0.1, 0.15) is 12.0 Å². The molecule has 0 radical (unpaired) electrons. The number of thioether (sulfide) groups is 1. The molecule has 1 saturated heterocycles. The number of hydrogen-bond acceptors (Lipinski definition) is 6. The third kappa shape index (κ3) is 8.14. The van der Waals surface area contributed by atoms with Crippen molar-refractivity contribution in [3.05, 3.63) is 84.2 Å². The van der Waals surface area contributed by atoms with Crippen molar-refractivity contribution >= 4 is 51.7 Å². The Morgan fingerprint density at radius 1 is 1.08 bits per heavy atom. The summed E-state index contributed by atoms with van der Waals surface area (Å²) in [4.78, 5) is 32.3. The monoisotopic (exact) mass is 577 g/mol. The van der Waals surface area contributed by atoms with Crippen molar-refractivity contribution < 1.29 is 32.2 Å². The third-order valence-electron chi connectivity index (χ3n) is 5.62. The van der Waals surface area contributed by atoms with E-state index in [1.54, 1.807) is 7.11 Å². The fraction of sp³-hybridized carbons (Fsp3) is 0.222. The maximum absolute atomic E-state index is 13.4.